The van der Waals surface area contributed by atoms with E-state index in [2.05, 4.69) is 15.6 Å². The lowest BCUT2D eigenvalue weighted by Crippen LogP contribution is -2.33. The molecule has 0 spiro atoms. The van der Waals surface area contributed by atoms with E-state index in [4.69, 9.17) is 5.73 Å². The van der Waals surface area contributed by atoms with Crippen molar-refractivity contribution in [3.63, 3.8) is 0 Å². The molecule has 0 saturated carbocycles. The predicted octanol–water partition coefficient (Wildman–Crippen LogP) is 2.70. The number of aromatic nitrogens is 1. The molecule has 3 aromatic rings. The van der Waals surface area contributed by atoms with Crippen LogP contribution in [-0.4, -0.2) is 29.3 Å². The summed E-state index contributed by atoms with van der Waals surface area (Å²) >= 11 is 1.50. The summed E-state index contributed by atoms with van der Waals surface area (Å²) in [6, 6.07) is 19.3. The standard InChI is InChI=1S/C21H18N4O3S/c22-18(26)13-24-20(27)15-4-3-5-16(12-15)25-21(28)14-7-9-17(10-8-14)29-19-6-1-2-11-23-19/h1-12H,13H2,(H2,22,26)(H,24,27)(H,25,28). The highest BCUT2D eigenvalue weighted by atomic mass is 32.2. The molecule has 0 bridgehead atoms. The lowest BCUT2D eigenvalue weighted by atomic mass is 10.1. The minimum Gasteiger partial charge on any atom is -0.368 e. The molecule has 0 unspecified atom stereocenters. The van der Waals surface area contributed by atoms with Gasteiger partial charge in [-0.3, -0.25) is 14.4 Å². The summed E-state index contributed by atoms with van der Waals surface area (Å²) < 4.78 is 0. The topological polar surface area (TPSA) is 114 Å². The average Bonchev–Trinajstić information content (AvgIpc) is 2.73. The van der Waals surface area contributed by atoms with Crippen molar-refractivity contribution < 1.29 is 14.4 Å². The molecular formula is C21H18N4O3S. The lowest BCUT2D eigenvalue weighted by Gasteiger charge is -2.08. The maximum atomic E-state index is 12.5. The normalized spacial score (nSPS) is 10.2. The molecule has 29 heavy (non-hydrogen) atoms. The van der Waals surface area contributed by atoms with Crippen LogP contribution in [0.2, 0.25) is 0 Å². The number of anilines is 1. The Kier molecular flexibility index (Phi) is 6.59. The van der Waals surface area contributed by atoms with Crippen LogP contribution in [0.5, 0.6) is 0 Å². The van der Waals surface area contributed by atoms with Gasteiger partial charge in [0, 0.05) is 27.9 Å². The first-order valence-electron chi connectivity index (χ1n) is 8.68. The van der Waals surface area contributed by atoms with Crippen LogP contribution in [0.25, 0.3) is 0 Å². The maximum Gasteiger partial charge on any atom is 0.255 e. The Morgan fingerprint density at radius 1 is 0.897 bits per heavy atom. The zero-order chi connectivity index (χ0) is 20.6. The number of benzene rings is 2. The molecule has 3 amide bonds. The van der Waals surface area contributed by atoms with Crippen LogP contribution in [0.1, 0.15) is 20.7 Å². The molecule has 1 heterocycles. The second-order valence-electron chi connectivity index (χ2n) is 5.98. The Balaban J connectivity index is 1.63. The molecular weight excluding hydrogens is 388 g/mol. The average molecular weight is 406 g/mol. The zero-order valence-corrected chi connectivity index (χ0v) is 16.1. The molecule has 0 aliphatic carbocycles. The molecule has 146 valence electrons. The van der Waals surface area contributed by atoms with E-state index >= 15 is 0 Å². The van der Waals surface area contributed by atoms with Gasteiger partial charge in [-0.05, 0) is 54.6 Å². The van der Waals surface area contributed by atoms with Gasteiger partial charge >= 0.3 is 0 Å². The molecule has 7 nitrogen and oxygen atoms in total. The predicted molar refractivity (Wildman–Crippen MR) is 111 cm³/mol. The second-order valence-corrected chi connectivity index (χ2v) is 7.07. The molecule has 0 saturated heterocycles. The second kappa shape index (κ2) is 9.52. The summed E-state index contributed by atoms with van der Waals surface area (Å²) in [5.41, 5.74) is 6.28. The Hall–Kier alpha value is -3.65. The third-order valence-corrected chi connectivity index (χ3v) is 4.74. The fourth-order valence-electron chi connectivity index (χ4n) is 2.41. The van der Waals surface area contributed by atoms with E-state index < -0.39 is 11.8 Å². The number of primary amides is 1. The van der Waals surface area contributed by atoms with Crippen molar-refractivity contribution in [2.24, 2.45) is 5.73 Å². The molecule has 0 radical (unpaired) electrons. The number of nitrogens with two attached hydrogens (primary N) is 1. The number of carbonyl (C=O) groups excluding carboxylic acids is 3. The van der Waals surface area contributed by atoms with Gasteiger partial charge in [-0.25, -0.2) is 4.98 Å². The number of pyridine rings is 1. The molecule has 4 N–H and O–H groups in total. The van der Waals surface area contributed by atoms with E-state index in [1.165, 1.54) is 17.8 Å². The third-order valence-electron chi connectivity index (χ3n) is 3.78. The summed E-state index contributed by atoms with van der Waals surface area (Å²) in [5, 5.41) is 6.03. The van der Waals surface area contributed by atoms with E-state index in [0.717, 1.165) is 9.92 Å². The van der Waals surface area contributed by atoms with Gasteiger partial charge in [0.05, 0.1) is 6.54 Å². The van der Waals surface area contributed by atoms with Gasteiger partial charge in [0.25, 0.3) is 11.8 Å². The minimum absolute atomic E-state index is 0.252. The molecule has 0 aliphatic rings. The maximum absolute atomic E-state index is 12.5. The minimum atomic E-state index is -0.632. The number of rotatable bonds is 7. The molecule has 1 aromatic heterocycles. The fourth-order valence-corrected chi connectivity index (χ4v) is 3.19. The Morgan fingerprint density at radius 2 is 1.69 bits per heavy atom. The highest BCUT2D eigenvalue weighted by Crippen LogP contribution is 2.25. The Labute approximate surface area is 171 Å². The van der Waals surface area contributed by atoms with Crippen molar-refractivity contribution in [3.8, 4) is 0 Å². The third kappa shape index (κ3) is 5.91. The van der Waals surface area contributed by atoms with Crippen LogP contribution in [0, 0.1) is 0 Å². The van der Waals surface area contributed by atoms with Gasteiger partial charge in [-0.15, -0.1) is 0 Å². The molecule has 2 aromatic carbocycles. The number of amides is 3. The number of hydrogen-bond acceptors (Lipinski definition) is 5. The SMILES string of the molecule is NC(=O)CNC(=O)c1cccc(NC(=O)c2ccc(Sc3ccccn3)cc2)c1. The Bertz CT molecular complexity index is 1020. The first-order valence-corrected chi connectivity index (χ1v) is 9.50. The van der Waals surface area contributed by atoms with Gasteiger partial charge in [0.2, 0.25) is 5.91 Å². The van der Waals surface area contributed by atoms with Crippen LogP contribution in [0.15, 0.2) is 82.8 Å². The fraction of sp³-hybridized carbons (Fsp3) is 0.0476. The first-order chi connectivity index (χ1) is 14.0. The van der Waals surface area contributed by atoms with Gasteiger partial charge < -0.3 is 16.4 Å². The van der Waals surface area contributed by atoms with E-state index in [9.17, 15) is 14.4 Å². The van der Waals surface area contributed by atoms with Crippen molar-refractivity contribution in [2.45, 2.75) is 9.92 Å². The number of hydrogen-bond donors (Lipinski definition) is 3. The largest absolute Gasteiger partial charge is 0.368 e. The monoisotopic (exact) mass is 406 g/mol. The van der Waals surface area contributed by atoms with Crippen LogP contribution >= 0.6 is 11.8 Å². The summed E-state index contributed by atoms with van der Waals surface area (Å²) in [6.45, 7) is -0.252. The van der Waals surface area contributed by atoms with Crippen LogP contribution in [0.3, 0.4) is 0 Å². The number of nitrogens with zero attached hydrogens (tertiary/aromatic N) is 1. The van der Waals surface area contributed by atoms with Crippen molar-refractivity contribution in [1.29, 1.82) is 0 Å². The van der Waals surface area contributed by atoms with E-state index in [1.54, 1.807) is 36.5 Å². The first kappa shape index (κ1) is 20.1. The summed E-state index contributed by atoms with van der Waals surface area (Å²) in [6.07, 6.45) is 1.73. The van der Waals surface area contributed by atoms with E-state index in [-0.39, 0.29) is 12.5 Å². The summed E-state index contributed by atoms with van der Waals surface area (Å²) in [5.74, 6) is -1.38. The van der Waals surface area contributed by atoms with Crippen molar-refractivity contribution in [3.05, 3.63) is 84.1 Å². The highest BCUT2D eigenvalue weighted by molar-refractivity contribution is 7.99. The molecule has 0 aliphatic heterocycles. The van der Waals surface area contributed by atoms with E-state index in [0.29, 0.717) is 16.8 Å². The van der Waals surface area contributed by atoms with Crippen molar-refractivity contribution in [2.75, 3.05) is 11.9 Å². The zero-order valence-electron chi connectivity index (χ0n) is 15.3. The molecule has 0 fully saturated rings. The smallest absolute Gasteiger partial charge is 0.255 e. The molecule has 8 heteroatoms. The lowest BCUT2D eigenvalue weighted by molar-refractivity contribution is -0.117. The number of carbonyl (C=O) groups is 3. The highest BCUT2D eigenvalue weighted by Gasteiger charge is 2.10. The summed E-state index contributed by atoms with van der Waals surface area (Å²) in [4.78, 5) is 40.5. The van der Waals surface area contributed by atoms with Gasteiger partial charge in [0.1, 0.15) is 5.03 Å². The molecule has 3 rings (SSSR count). The van der Waals surface area contributed by atoms with Gasteiger partial charge in [-0.2, -0.15) is 0 Å². The van der Waals surface area contributed by atoms with Crippen LogP contribution in [0.4, 0.5) is 5.69 Å². The van der Waals surface area contributed by atoms with Gasteiger partial charge in [0.15, 0.2) is 0 Å². The quantitative estimate of drug-likeness (QED) is 0.558. The van der Waals surface area contributed by atoms with Crippen molar-refractivity contribution >= 4 is 35.2 Å². The number of nitrogens with one attached hydrogen (secondary N) is 2. The van der Waals surface area contributed by atoms with Gasteiger partial charge in [-0.1, -0.05) is 23.9 Å². The van der Waals surface area contributed by atoms with Crippen molar-refractivity contribution in [1.82, 2.24) is 10.3 Å². The van der Waals surface area contributed by atoms with Crippen LogP contribution < -0.4 is 16.4 Å². The van der Waals surface area contributed by atoms with E-state index in [1.807, 2.05) is 30.3 Å². The summed E-state index contributed by atoms with van der Waals surface area (Å²) in [7, 11) is 0. The van der Waals surface area contributed by atoms with Crippen LogP contribution in [-0.2, 0) is 4.79 Å². The Morgan fingerprint density at radius 3 is 2.38 bits per heavy atom. The molecule has 0 atom stereocenters.